The summed E-state index contributed by atoms with van der Waals surface area (Å²) in [5.41, 5.74) is 3.28. The number of methoxy groups -OCH3 is 1. The van der Waals surface area contributed by atoms with Crippen LogP contribution in [0.15, 0.2) is 59.9 Å². The number of aromatic amines is 1. The maximum Gasteiger partial charge on any atom is 0.191 e. The van der Waals surface area contributed by atoms with E-state index in [0.717, 1.165) is 48.2 Å². The lowest BCUT2D eigenvalue weighted by Gasteiger charge is -2.13. The van der Waals surface area contributed by atoms with E-state index in [1.54, 1.807) is 7.11 Å². The van der Waals surface area contributed by atoms with E-state index in [4.69, 9.17) is 9.73 Å². The third kappa shape index (κ3) is 5.33. The van der Waals surface area contributed by atoms with Gasteiger partial charge in [0.2, 0.25) is 0 Å². The van der Waals surface area contributed by atoms with Gasteiger partial charge < -0.3 is 15.4 Å². The second-order valence-electron chi connectivity index (χ2n) is 6.22. The zero-order chi connectivity index (χ0) is 19.6. The summed E-state index contributed by atoms with van der Waals surface area (Å²) in [5, 5.41) is 13.5. The van der Waals surface area contributed by atoms with Crippen molar-refractivity contribution < 1.29 is 4.74 Å². The lowest BCUT2D eigenvalue weighted by atomic mass is 10.1. The van der Waals surface area contributed by atoms with E-state index in [1.165, 1.54) is 11.9 Å². The number of guanidine groups is 1. The Morgan fingerprint density at radius 2 is 2.04 bits per heavy atom. The van der Waals surface area contributed by atoms with Crippen molar-refractivity contribution in [2.45, 2.75) is 19.9 Å². The smallest absolute Gasteiger partial charge is 0.191 e. The van der Waals surface area contributed by atoms with Gasteiger partial charge in [0.1, 0.15) is 12.1 Å². The van der Waals surface area contributed by atoms with Crippen LogP contribution >= 0.6 is 0 Å². The topological polar surface area (TPSA) is 87.2 Å². The van der Waals surface area contributed by atoms with Gasteiger partial charge in [0.25, 0.3) is 0 Å². The number of hydrogen-bond acceptors (Lipinski definition) is 4. The Labute approximate surface area is 165 Å². The molecule has 0 saturated carbocycles. The number of para-hydroxylation sites is 1. The number of benzene rings is 2. The van der Waals surface area contributed by atoms with Crippen LogP contribution in [0.1, 0.15) is 18.1 Å². The van der Waals surface area contributed by atoms with Crippen molar-refractivity contribution >= 4 is 5.96 Å². The van der Waals surface area contributed by atoms with E-state index in [1.807, 2.05) is 30.3 Å². The lowest BCUT2D eigenvalue weighted by molar-refractivity contribution is 0.409. The van der Waals surface area contributed by atoms with E-state index in [9.17, 15) is 0 Å². The van der Waals surface area contributed by atoms with Gasteiger partial charge in [-0.15, -0.1) is 0 Å². The molecular weight excluding hydrogens is 352 g/mol. The normalized spacial score (nSPS) is 11.3. The Kier molecular flexibility index (Phi) is 7.01. The maximum atomic E-state index is 5.41. The quantitative estimate of drug-likeness (QED) is 0.414. The number of rotatable bonds is 8. The summed E-state index contributed by atoms with van der Waals surface area (Å²) >= 11 is 0. The van der Waals surface area contributed by atoms with Crippen LogP contribution in [-0.2, 0) is 13.0 Å². The zero-order valence-electron chi connectivity index (χ0n) is 16.3. The number of H-pyrrole nitrogens is 1. The SMILES string of the molecule is CCNC(=NCc1cccc(-c2ncn[nH]2)c1)NCCc1ccccc1OC. The van der Waals surface area contributed by atoms with Gasteiger partial charge in [0.05, 0.1) is 13.7 Å². The molecule has 0 unspecified atom stereocenters. The molecule has 28 heavy (non-hydrogen) atoms. The van der Waals surface area contributed by atoms with Crippen LogP contribution in [0.3, 0.4) is 0 Å². The van der Waals surface area contributed by atoms with E-state index < -0.39 is 0 Å². The van der Waals surface area contributed by atoms with Crippen molar-refractivity contribution in [2.24, 2.45) is 4.99 Å². The minimum Gasteiger partial charge on any atom is -0.496 e. The molecular formula is C21H26N6O. The highest BCUT2D eigenvalue weighted by Crippen LogP contribution is 2.17. The molecule has 1 aromatic heterocycles. The first kappa shape index (κ1) is 19.4. The molecule has 0 fully saturated rings. The number of nitrogens with zero attached hydrogens (tertiary/aromatic N) is 3. The second kappa shape index (κ2) is 10.1. The Balaban J connectivity index is 1.60. The highest BCUT2D eigenvalue weighted by atomic mass is 16.5. The van der Waals surface area contributed by atoms with Gasteiger partial charge in [-0.25, -0.2) is 9.98 Å². The monoisotopic (exact) mass is 378 g/mol. The molecule has 1 heterocycles. The first-order valence-electron chi connectivity index (χ1n) is 9.39. The van der Waals surface area contributed by atoms with Crippen molar-refractivity contribution in [1.29, 1.82) is 0 Å². The molecule has 0 saturated heterocycles. The fraction of sp³-hybridized carbons (Fsp3) is 0.286. The highest BCUT2D eigenvalue weighted by Gasteiger charge is 2.04. The number of ether oxygens (including phenoxy) is 1. The fourth-order valence-corrected chi connectivity index (χ4v) is 2.90. The number of nitrogens with one attached hydrogen (secondary N) is 3. The predicted molar refractivity (Wildman–Crippen MR) is 111 cm³/mol. The van der Waals surface area contributed by atoms with E-state index in [-0.39, 0.29) is 0 Å². The molecule has 0 aliphatic carbocycles. The molecule has 7 nitrogen and oxygen atoms in total. The van der Waals surface area contributed by atoms with Crippen LogP contribution in [0.4, 0.5) is 0 Å². The van der Waals surface area contributed by atoms with Crippen LogP contribution in [-0.4, -0.2) is 41.3 Å². The van der Waals surface area contributed by atoms with E-state index in [2.05, 4.69) is 50.9 Å². The molecule has 3 rings (SSSR count). The summed E-state index contributed by atoms with van der Waals surface area (Å²) in [5.74, 6) is 2.46. The molecule has 0 radical (unpaired) electrons. The molecule has 3 aromatic rings. The first-order chi connectivity index (χ1) is 13.8. The van der Waals surface area contributed by atoms with E-state index in [0.29, 0.717) is 6.54 Å². The Hall–Kier alpha value is -3.35. The van der Waals surface area contributed by atoms with Gasteiger partial charge in [-0.2, -0.15) is 5.10 Å². The summed E-state index contributed by atoms with van der Waals surface area (Å²) in [7, 11) is 1.70. The van der Waals surface area contributed by atoms with Crippen LogP contribution in [0.5, 0.6) is 5.75 Å². The molecule has 0 amide bonds. The van der Waals surface area contributed by atoms with Gasteiger partial charge in [-0.1, -0.05) is 36.4 Å². The van der Waals surface area contributed by atoms with E-state index >= 15 is 0 Å². The Morgan fingerprint density at radius 3 is 2.82 bits per heavy atom. The van der Waals surface area contributed by atoms with Crippen molar-refractivity contribution in [1.82, 2.24) is 25.8 Å². The molecule has 0 aliphatic heterocycles. The standard InChI is InChI=1S/C21H26N6O/c1-3-22-21(23-12-11-17-8-4-5-10-19(17)28-2)24-14-16-7-6-9-18(13-16)20-25-15-26-27-20/h4-10,13,15H,3,11-12,14H2,1-2H3,(H2,22,23,24)(H,25,26,27). The minimum atomic E-state index is 0.575. The molecule has 0 bridgehead atoms. The van der Waals surface area contributed by atoms with Crippen molar-refractivity contribution in [2.75, 3.05) is 20.2 Å². The van der Waals surface area contributed by atoms with Gasteiger partial charge in [0.15, 0.2) is 11.8 Å². The first-order valence-corrected chi connectivity index (χ1v) is 9.39. The minimum absolute atomic E-state index is 0.575. The van der Waals surface area contributed by atoms with Crippen LogP contribution < -0.4 is 15.4 Å². The molecule has 0 atom stereocenters. The Morgan fingerprint density at radius 1 is 1.14 bits per heavy atom. The Bertz CT molecular complexity index is 891. The lowest BCUT2D eigenvalue weighted by Crippen LogP contribution is -2.38. The van der Waals surface area contributed by atoms with Gasteiger partial charge in [0, 0.05) is 18.7 Å². The molecule has 2 aromatic carbocycles. The third-order valence-electron chi connectivity index (χ3n) is 4.26. The van der Waals surface area contributed by atoms with Crippen molar-refractivity contribution in [3.8, 4) is 17.1 Å². The number of hydrogen-bond donors (Lipinski definition) is 3. The summed E-state index contributed by atoms with van der Waals surface area (Å²) in [4.78, 5) is 8.90. The highest BCUT2D eigenvalue weighted by molar-refractivity contribution is 5.79. The maximum absolute atomic E-state index is 5.41. The molecule has 7 heteroatoms. The largest absolute Gasteiger partial charge is 0.496 e. The summed E-state index contributed by atoms with van der Waals surface area (Å²) in [6.45, 7) is 4.21. The van der Waals surface area contributed by atoms with Crippen LogP contribution in [0, 0.1) is 0 Å². The summed E-state index contributed by atoms with van der Waals surface area (Å²) < 4.78 is 5.41. The van der Waals surface area contributed by atoms with Crippen molar-refractivity contribution in [3.05, 3.63) is 66.0 Å². The van der Waals surface area contributed by atoms with Gasteiger partial charge in [-0.05, 0) is 36.6 Å². The predicted octanol–water partition coefficient (Wildman–Crippen LogP) is 2.78. The average Bonchev–Trinajstić information content (AvgIpc) is 3.27. The van der Waals surface area contributed by atoms with Crippen molar-refractivity contribution in [3.63, 3.8) is 0 Å². The molecule has 0 spiro atoms. The summed E-state index contributed by atoms with van der Waals surface area (Å²) in [6, 6.07) is 16.2. The third-order valence-corrected chi connectivity index (χ3v) is 4.26. The fourth-order valence-electron chi connectivity index (χ4n) is 2.90. The molecule has 146 valence electrons. The second-order valence-corrected chi connectivity index (χ2v) is 6.22. The molecule has 0 aliphatic rings. The van der Waals surface area contributed by atoms with Crippen LogP contribution in [0.25, 0.3) is 11.4 Å². The van der Waals surface area contributed by atoms with Gasteiger partial charge in [-0.3, -0.25) is 5.10 Å². The number of aromatic nitrogens is 3. The number of aliphatic imine (C=N–C) groups is 1. The van der Waals surface area contributed by atoms with Crippen LogP contribution in [0.2, 0.25) is 0 Å². The zero-order valence-corrected chi connectivity index (χ0v) is 16.3. The molecule has 3 N–H and O–H groups in total. The average molecular weight is 378 g/mol. The summed E-state index contributed by atoms with van der Waals surface area (Å²) in [6.07, 6.45) is 2.37. The van der Waals surface area contributed by atoms with Gasteiger partial charge >= 0.3 is 0 Å².